The molecular formula is C33H45ClN2O5S. The van der Waals surface area contributed by atoms with E-state index in [1.807, 2.05) is 32.0 Å². The molecule has 230 valence electrons. The number of anilines is 1. The largest absolute Gasteiger partial charge is 0.487 e. The van der Waals surface area contributed by atoms with Crippen LogP contribution in [-0.4, -0.2) is 43.9 Å². The highest BCUT2D eigenvalue weighted by molar-refractivity contribution is 7.90. The van der Waals surface area contributed by atoms with Crippen LogP contribution in [0.15, 0.2) is 36.4 Å². The number of halogens is 1. The fourth-order valence-corrected chi connectivity index (χ4v) is 8.56. The molecule has 1 fully saturated rings. The lowest BCUT2D eigenvalue weighted by Crippen LogP contribution is -2.44. The normalized spacial score (nSPS) is 29.4. The van der Waals surface area contributed by atoms with Gasteiger partial charge in [-0.3, -0.25) is 4.79 Å². The summed E-state index contributed by atoms with van der Waals surface area (Å²) in [5.74, 6) is 0.956. The number of amides is 1. The molecule has 6 atom stereocenters. The van der Waals surface area contributed by atoms with Crippen molar-refractivity contribution < 1.29 is 23.1 Å². The molecular weight excluding hydrogens is 572 g/mol. The van der Waals surface area contributed by atoms with E-state index in [1.165, 1.54) is 5.56 Å². The zero-order valence-electron chi connectivity index (χ0n) is 25.0. The van der Waals surface area contributed by atoms with Gasteiger partial charge in [0.2, 0.25) is 10.0 Å². The average Bonchev–Trinajstić information content (AvgIpc) is 2.96. The first-order valence-corrected chi connectivity index (χ1v) is 17.5. The fourth-order valence-electron chi connectivity index (χ4n) is 7.06. The van der Waals surface area contributed by atoms with Gasteiger partial charge in [-0.1, -0.05) is 31.0 Å². The van der Waals surface area contributed by atoms with E-state index in [0.29, 0.717) is 34.8 Å². The average molecular weight is 617 g/mol. The summed E-state index contributed by atoms with van der Waals surface area (Å²) in [5, 5.41) is 10.8. The Morgan fingerprint density at radius 1 is 1.02 bits per heavy atom. The number of hydrogen-bond donors (Lipinski definition) is 2. The van der Waals surface area contributed by atoms with Gasteiger partial charge < -0.3 is 14.7 Å². The molecule has 2 aliphatic heterocycles. The summed E-state index contributed by atoms with van der Waals surface area (Å²) < 4.78 is 35.2. The Hall–Kier alpha value is -2.29. The second-order valence-electron chi connectivity index (χ2n) is 12.8. The van der Waals surface area contributed by atoms with Crippen LogP contribution in [0, 0.1) is 23.7 Å². The summed E-state index contributed by atoms with van der Waals surface area (Å²) in [7, 11) is -3.88. The molecule has 2 aromatic rings. The standard InChI is InChI=1S/C33H45ClN2O5S/c1-21-7-6-9-29(22(2)37)30-14-11-26(30)19-36-16-5-4-8-24-17-28(34)13-10-27(24)20-41-32-15-12-25(18-31(32)36)33(38)35-42(39,40)23(21)3/h10,12-13,15,17-18,21-23,26,29-30,37H,4-9,11,14,16,19-20H2,1-3H3,(H,35,38)/t21?,22-,23?,26?,29-,30?/m1/s1. The van der Waals surface area contributed by atoms with Gasteiger partial charge in [0.1, 0.15) is 12.4 Å². The van der Waals surface area contributed by atoms with Gasteiger partial charge in [-0.25, -0.2) is 13.1 Å². The van der Waals surface area contributed by atoms with Gasteiger partial charge in [-0.2, -0.15) is 0 Å². The Morgan fingerprint density at radius 3 is 2.57 bits per heavy atom. The van der Waals surface area contributed by atoms with E-state index in [0.717, 1.165) is 75.7 Å². The Balaban J connectivity index is 1.54. The van der Waals surface area contributed by atoms with Crippen LogP contribution in [0.1, 0.15) is 87.2 Å². The highest BCUT2D eigenvalue weighted by Gasteiger charge is 2.40. The molecule has 1 amide bonds. The number of carbonyl (C=O) groups excluding carboxylic acids is 1. The van der Waals surface area contributed by atoms with E-state index < -0.39 is 27.3 Å². The highest BCUT2D eigenvalue weighted by atomic mass is 35.5. The Kier molecular flexibility index (Phi) is 9.75. The zero-order valence-corrected chi connectivity index (χ0v) is 26.6. The van der Waals surface area contributed by atoms with Crippen LogP contribution in [-0.2, 0) is 23.1 Å². The van der Waals surface area contributed by atoms with Gasteiger partial charge >= 0.3 is 0 Å². The van der Waals surface area contributed by atoms with Crippen LogP contribution in [0.4, 0.5) is 5.69 Å². The van der Waals surface area contributed by atoms with Crippen molar-refractivity contribution in [3.05, 3.63) is 58.1 Å². The van der Waals surface area contributed by atoms with Crippen molar-refractivity contribution in [1.82, 2.24) is 4.72 Å². The highest BCUT2D eigenvalue weighted by Crippen LogP contribution is 2.45. The number of sulfonamides is 1. The molecule has 9 heteroatoms. The molecule has 7 nitrogen and oxygen atoms in total. The van der Waals surface area contributed by atoms with Crippen LogP contribution < -0.4 is 14.4 Å². The predicted molar refractivity (Wildman–Crippen MR) is 168 cm³/mol. The van der Waals surface area contributed by atoms with Crippen molar-refractivity contribution in [2.45, 2.75) is 90.1 Å². The molecule has 0 aromatic heterocycles. The van der Waals surface area contributed by atoms with Crippen LogP contribution >= 0.6 is 11.6 Å². The molecule has 2 aromatic carbocycles. The number of fused-ring (bicyclic) bond motifs is 3. The molecule has 2 N–H and O–H groups in total. The maximum atomic E-state index is 13.3. The number of aliphatic hydroxyl groups excluding tert-OH is 1. The Bertz CT molecular complexity index is 1380. The van der Waals surface area contributed by atoms with Gasteiger partial charge in [0.15, 0.2) is 0 Å². The van der Waals surface area contributed by atoms with Crippen LogP contribution in [0.3, 0.4) is 0 Å². The summed E-state index contributed by atoms with van der Waals surface area (Å²) in [6.07, 6.45) is 7.07. The van der Waals surface area contributed by atoms with Crippen LogP contribution in [0.5, 0.6) is 5.75 Å². The molecule has 42 heavy (non-hydrogen) atoms. The topological polar surface area (TPSA) is 95.9 Å². The molecule has 1 aliphatic carbocycles. The summed E-state index contributed by atoms with van der Waals surface area (Å²) >= 11 is 6.32. The lowest BCUT2D eigenvalue weighted by molar-refractivity contribution is 0.0115. The van der Waals surface area contributed by atoms with E-state index >= 15 is 0 Å². The molecule has 1 saturated carbocycles. The summed E-state index contributed by atoms with van der Waals surface area (Å²) in [5.41, 5.74) is 3.38. The molecule has 4 unspecified atom stereocenters. The second kappa shape index (κ2) is 13.1. The van der Waals surface area contributed by atoms with Crippen molar-refractivity contribution in [3.63, 3.8) is 0 Å². The molecule has 0 spiro atoms. The fraction of sp³-hybridized carbons (Fsp3) is 0.606. The van der Waals surface area contributed by atoms with E-state index in [-0.39, 0.29) is 11.8 Å². The third kappa shape index (κ3) is 6.92. The van der Waals surface area contributed by atoms with E-state index in [9.17, 15) is 18.3 Å². The first kappa shape index (κ1) is 31.1. The third-order valence-corrected chi connectivity index (χ3v) is 12.2. The van der Waals surface area contributed by atoms with Gasteiger partial charge in [0.25, 0.3) is 5.91 Å². The number of aryl methyl sites for hydroxylation is 1. The molecule has 0 radical (unpaired) electrons. The number of nitrogens with zero attached hydrogens (tertiary/aromatic N) is 1. The van der Waals surface area contributed by atoms with E-state index in [4.69, 9.17) is 16.3 Å². The van der Waals surface area contributed by atoms with Crippen LogP contribution in [0.25, 0.3) is 0 Å². The number of hydrogen-bond acceptors (Lipinski definition) is 6. The smallest absolute Gasteiger partial charge is 0.264 e. The SMILES string of the molecule is CC1CCC[C@H]([C@@H](C)O)C2CCC2CN2CCCCc3cc(Cl)ccc3COc3ccc(cc32)C(=O)NS(=O)(=O)C1C. The number of benzene rings is 2. The minimum atomic E-state index is -3.88. The molecule has 2 bridgehead atoms. The lowest BCUT2D eigenvalue weighted by Gasteiger charge is -2.46. The quantitative estimate of drug-likeness (QED) is 0.387. The van der Waals surface area contributed by atoms with Crippen molar-refractivity contribution in [2.24, 2.45) is 23.7 Å². The number of ether oxygens (including phenoxy) is 1. The maximum Gasteiger partial charge on any atom is 0.264 e. The van der Waals surface area contributed by atoms with Crippen molar-refractivity contribution in [1.29, 1.82) is 0 Å². The molecule has 3 aliphatic rings. The second-order valence-corrected chi connectivity index (χ2v) is 15.3. The zero-order chi connectivity index (χ0) is 30.0. The van der Waals surface area contributed by atoms with Crippen molar-refractivity contribution in [2.75, 3.05) is 18.0 Å². The van der Waals surface area contributed by atoms with E-state index in [1.54, 1.807) is 25.1 Å². The summed E-state index contributed by atoms with van der Waals surface area (Å²) in [6, 6.07) is 11.2. The van der Waals surface area contributed by atoms with Gasteiger partial charge in [-0.15, -0.1) is 0 Å². The molecule has 2 heterocycles. The lowest BCUT2D eigenvalue weighted by atomic mass is 9.64. The summed E-state index contributed by atoms with van der Waals surface area (Å²) in [6.45, 7) is 7.47. The van der Waals surface area contributed by atoms with Crippen molar-refractivity contribution in [3.8, 4) is 5.75 Å². The first-order valence-electron chi connectivity index (χ1n) is 15.6. The first-order chi connectivity index (χ1) is 20.0. The minimum Gasteiger partial charge on any atom is -0.487 e. The number of aliphatic hydroxyl groups is 1. The minimum absolute atomic E-state index is 0.121. The third-order valence-electron chi connectivity index (χ3n) is 10.1. The summed E-state index contributed by atoms with van der Waals surface area (Å²) in [4.78, 5) is 15.7. The van der Waals surface area contributed by atoms with Gasteiger partial charge in [0, 0.05) is 23.7 Å². The monoisotopic (exact) mass is 616 g/mol. The van der Waals surface area contributed by atoms with Crippen molar-refractivity contribution >= 4 is 33.2 Å². The van der Waals surface area contributed by atoms with Crippen LogP contribution in [0.2, 0.25) is 5.02 Å². The molecule has 0 saturated heterocycles. The number of carbonyl (C=O) groups is 1. The molecule has 5 rings (SSSR count). The van der Waals surface area contributed by atoms with Gasteiger partial charge in [0.05, 0.1) is 17.0 Å². The number of nitrogens with one attached hydrogen (secondary N) is 1. The van der Waals surface area contributed by atoms with Gasteiger partial charge in [-0.05, 0) is 124 Å². The Morgan fingerprint density at radius 2 is 1.83 bits per heavy atom. The predicted octanol–water partition coefficient (Wildman–Crippen LogP) is 6.35. The maximum absolute atomic E-state index is 13.3. The Labute approximate surface area is 256 Å². The van der Waals surface area contributed by atoms with E-state index in [2.05, 4.69) is 9.62 Å². The number of rotatable bonds is 1.